The lowest BCUT2D eigenvalue weighted by atomic mass is 10.1. The van der Waals surface area contributed by atoms with Gasteiger partial charge in [-0.1, -0.05) is 18.2 Å². The number of hydrogen-bond acceptors (Lipinski definition) is 2. The zero-order valence-electron chi connectivity index (χ0n) is 9.92. The molecule has 0 radical (unpaired) electrons. The molecule has 15 heavy (non-hydrogen) atoms. The van der Waals surface area contributed by atoms with Crippen LogP contribution in [0.5, 0.6) is 0 Å². The topological polar surface area (TPSA) is 12.0 Å². The van der Waals surface area contributed by atoms with Crippen molar-refractivity contribution in [1.29, 1.82) is 0 Å². The van der Waals surface area contributed by atoms with E-state index in [2.05, 4.69) is 51.2 Å². The first kappa shape index (κ1) is 11.0. The van der Waals surface area contributed by atoms with Gasteiger partial charge in [0.25, 0.3) is 0 Å². The zero-order valence-corrected chi connectivity index (χ0v) is 10.7. The van der Waals surface area contributed by atoms with Crippen molar-refractivity contribution in [3.05, 3.63) is 29.3 Å². The molecule has 1 nitrogen and oxygen atoms in total. The molecule has 1 aliphatic rings. The molecule has 2 rings (SSSR count). The summed E-state index contributed by atoms with van der Waals surface area (Å²) in [6.07, 6.45) is 1.15. The lowest BCUT2D eigenvalue weighted by molar-refractivity contribution is 0.415. The number of rotatable bonds is 1. The van der Waals surface area contributed by atoms with Crippen molar-refractivity contribution in [3.8, 4) is 0 Å². The summed E-state index contributed by atoms with van der Waals surface area (Å²) in [7, 11) is 0. The molecule has 1 atom stereocenters. The molecular weight excluding hydrogens is 202 g/mol. The third kappa shape index (κ3) is 2.56. The normalized spacial score (nSPS) is 20.4. The van der Waals surface area contributed by atoms with Crippen LogP contribution in [0.15, 0.2) is 23.1 Å². The third-order valence-electron chi connectivity index (χ3n) is 2.55. The van der Waals surface area contributed by atoms with Gasteiger partial charge in [-0.15, -0.1) is 11.8 Å². The number of aryl methyl sites for hydroxylation is 1. The van der Waals surface area contributed by atoms with Gasteiger partial charge in [0.15, 0.2) is 0 Å². The van der Waals surface area contributed by atoms with Gasteiger partial charge in [0.2, 0.25) is 0 Å². The van der Waals surface area contributed by atoms with Crippen LogP contribution in [0, 0.1) is 6.92 Å². The van der Waals surface area contributed by atoms with Gasteiger partial charge in [0.05, 0.1) is 5.37 Å². The summed E-state index contributed by atoms with van der Waals surface area (Å²) in [6, 6.07) is 6.61. The number of nitrogens with one attached hydrogen (secondary N) is 1. The molecule has 82 valence electrons. The van der Waals surface area contributed by atoms with Gasteiger partial charge >= 0.3 is 0 Å². The summed E-state index contributed by atoms with van der Waals surface area (Å²) in [5.41, 5.74) is 3.12. The van der Waals surface area contributed by atoms with Crippen molar-refractivity contribution in [2.24, 2.45) is 0 Å². The summed E-state index contributed by atoms with van der Waals surface area (Å²) >= 11 is 1.98. The van der Waals surface area contributed by atoms with E-state index in [1.807, 2.05) is 11.8 Å². The lowest BCUT2D eigenvalue weighted by Gasteiger charge is -2.25. The summed E-state index contributed by atoms with van der Waals surface area (Å²) in [5.74, 6) is 0. The molecular formula is C13H19NS. The second kappa shape index (κ2) is 3.84. The third-order valence-corrected chi connectivity index (χ3v) is 3.94. The maximum atomic E-state index is 3.66. The van der Waals surface area contributed by atoms with E-state index in [0.717, 1.165) is 6.42 Å². The number of benzene rings is 1. The predicted octanol–water partition coefficient (Wildman–Crippen LogP) is 3.36. The largest absolute Gasteiger partial charge is 0.300 e. The van der Waals surface area contributed by atoms with Gasteiger partial charge in [-0.2, -0.15) is 0 Å². The van der Waals surface area contributed by atoms with Crippen molar-refractivity contribution in [3.63, 3.8) is 0 Å². The van der Waals surface area contributed by atoms with E-state index >= 15 is 0 Å². The van der Waals surface area contributed by atoms with E-state index in [-0.39, 0.29) is 5.54 Å². The molecule has 1 heterocycles. The molecule has 0 bridgehead atoms. The highest BCUT2D eigenvalue weighted by molar-refractivity contribution is 8.00. The van der Waals surface area contributed by atoms with E-state index in [1.54, 1.807) is 0 Å². The Morgan fingerprint density at radius 3 is 2.67 bits per heavy atom. The van der Waals surface area contributed by atoms with Crippen LogP contribution >= 0.6 is 11.8 Å². The Balaban J connectivity index is 2.13. The molecule has 0 fully saturated rings. The van der Waals surface area contributed by atoms with E-state index < -0.39 is 0 Å². The fraction of sp³-hybridized carbons (Fsp3) is 0.538. The van der Waals surface area contributed by atoms with Crippen molar-refractivity contribution >= 4 is 11.8 Å². The number of hydrogen-bond donors (Lipinski definition) is 1. The minimum atomic E-state index is 0.202. The zero-order chi connectivity index (χ0) is 11.1. The van der Waals surface area contributed by atoms with Crippen molar-refractivity contribution in [2.75, 3.05) is 0 Å². The highest BCUT2D eigenvalue weighted by atomic mass is 32.2. The summed E-state index contributed by atoms with van der Waals surface area (Å²) < 4.78 is 0. The molecule has 0 spiro atoms. The van der Waals surface area contributed by atoms with Gasteiger partial charge in [-0.05, 0) is 45.2 Å². The van der Waals surface area contributed by atoms with Crippen LogP contribution in [0.2, 0.25) is 0 Å². The van der Waals surface area contributed by atoms with E-state index in [1.165, 1.54) is 16.0 Å². The minimum absolute atomic E-state index is 0.202. The quantitative estimate of drug-likeness (QED) is 0.780. The fourth-order valence-electron chi connectivity index (χ4n) is 1.99. The van der Waals surface area contributed by atoms with Crippen LogP contribution in [0.4, 0.5) is 0 Å². The number of fused-ring (bicyclic) bond motifs is 1. The predicted molar refractivity (Wildman–Crippen MR) is 67.4 cm³/mol. The highest BCUT2D eigenvalue weighted by Gasteiger charge is 2.26. The molecule has 1 aromatic rings. The van der Waals surface area contributed by atoms with Gasteiger partial charge in [-0.3, -0.25) is 0 Å². The van der Waals surface area contributed by atoms with Gasteiger partial charge in [-0.25, -0.2) is 0 Å². The molecule has 2 heteroatoms. The second-order valence-electron chi connectivity index (χ2n) is 5.27. The molecule has 1 aromatic carbocycles. The van der Waals surface area contributed by atoms with E-state index in [0.29, 0.717) is 5.37 Å². The number of thioether (sulfide) groups is 1. The minimum Gasteiger partial charge on any atom is -0.300 e. The maximum Gasteiger partial charge on any atom is 0.0624 e. The Kier molecular flexibility index (Phi) is 2.82. The molecule has 1 N–H and O–H groups in total. The van der Waals surface area contributed by atoms with Gasteiger partial charge in [0.1, 0.15) is 0 Å². The van der Waals surface area contributed by atoms with Crippen molar-refractivity contribution in [1.82, 2.24) is 5.32 Å². The SMILES string of the molecule is Cc1cccc2c1SC(NC(C)(C)C)C2. The van der Waals surface area contributed by atoms with Crippen molar-refractivity contribution in [2.45, 2.75) is 49.9 Å². The van der Waals surface area contributed by atoms with Gasteiger partial charge < -0.3 is 5.32 Å². The Hall–Kier alpha value is -0.470. The Bertz CT molecular complexity index is 365. The Morgan fingerprint density at radius 1 is 1.33 bits per heavy atom. The van der Waals surface area contributed by atoms with E-state index in [9.17, 15) is 0 Å². The van der Waals surface area contributed by atoms with Crippen LogP contribution in [-0.4, -0.2) is 10.9 Å². The van der Waals surface area contributed by atoms with Crippen LogP contribution in [0.25, 0.3) is 0 Å². The maximum absolute atomic E-state index is 3.66. The molecule has 0 saturated carbocycles. The molecule has 0 amide bonds. The second-order valence-corrected chi connectivity index (χ2v) is 6.48. The lowest BCUT2D eigenvalue weighted by Crippen LogP contribution is -2.41. The van der Waals surface area contributed by atoms with Crippen LogP contribution in [-0.2, 0) is 6.42 Å². The van der Waals surface area contributed by atoms with Crippen LogP contribution in [0.1, 0.15) is 31.9 Å². The van der Waals surface area contributed by atoms with Crippen molar-refractivity contribution < 1.29 is 0 Å². The molecule has 0 saturated heterocycles. The standard InChI is InChI=1S/C13H19NS/c1-9-6-5-7-10-8-11(15-12(9)10)14-13(2,3)4/h5-7,11,14H,8H2,1-4H3. The summed E-state index contributed by atoms with van der Waals surface area (Å²) in [6.45, 7) is 8.88. The van der Waals surface area contributed by atoms with Gasteiger partial charge in [0, 0.05) is 10.4 Å². The first-order valence-corrected chi connectivity index (χ1v) is 6.36. The fourth-order valence-corrected chi connectivity index (χ4v) is 3.51. The molecule has 0 aromatic heterocycles. The van der Waals surface area contributed by atoms with Crippen LogP contribution < -0.4 is 5.32 Å². The molecule has 1 aliphatic heterocycles. The van der Waals surface area contributed by atoms with E-state index in [4.69, 9.17) is 0 Å². The molecule has 0 aliphatic carbocycles. The smallest absolute Gasteiger partial charge is 0.0624 e. The average molecular weight is 221 g/mol. The molecule has 1 unspecified atom stereocenters. The summed E-state index contributed by atoms with van der Waals surface area (Å²) in [4.78, 5) is 1.49. The average Bonchev–Trinajstić information content (AvgIpc) is 2.45. The highest BCUT2D eigenvalue weighted by Crippen LogP contribution is 2.38. The monoisotopic (exact) mass is 221 g/mol. The first-order valence-electron chi connectivity index (χ1n) is 5.48. The Labute approximate surface area is 96.7 Å². The van der Waals surface area contributed by atoms with Crippen LogP contribution in [0.3, 0.4) is 0 Å². The summed E-state index contributed by atoms with van der Waals surface area (Å²) in [5, 5.41) is 4.20. The Morgan fingerprint density at radius 2 is 2.07 bits per heavy atom. The first-order chi connectivity index (χ1) is 6.96.